The molecule has 0 saturated heterocycles. The Morgan fingerprint density at radius 3 is 1.88 bits per heavy atom. The maximum Gasteiger partial charge on any atom is 0.333 e. The van der Waals surface area contributed by atoms with Crippen LogP contribution in [-0.4, -0.2) is 86.6 Å². The highest BCUT2D eigenvalue weighted by atomic mass is 16.6. The molecule has 0 aliphatic carbocycles. The molecule has 0 rings (SSSR count). The Morgan fingerprint density at radius 1 is 0.812 bits per heavy atom. The maximum absolute atomic E-state index is 12.1. The first-order chi connectivity index (χ1) is 15.1. The zero-order valence-electron chi connectivity index (χ0n) is 18.8. The second kappa shape index (κ2) is 17.1. The van der Waals surface area contributed by atoms with E-state index < -0.39 is 30.1 Å². The van der Waals surface area contributed by atoms with E-state index in [4.69, 9.17) is 28.8 Å². The van der Waals surface area contributed by atoms with Crippen LogP contribution in [0.1, 0.15) is 26.7 Å². The number of hydrogen-bond donors (Lipinski definition) is 2. The molecule has 10 heteroatoms. The van der Waals surface area contributed by atoms with Crippen LogP contribution in [0.15, 0.2) is 36.5 Å². The SMILES string of the molecule is C=C(C)C(=O)OCC(O)COCCOCC(COC(=O)C(=C)C)OC(=O)C(=C)CCCO. The fourth-order valence-corrected chi connectivity index (χ4v) is 1.93. The lowest BCUT2D eigenvalue weighted by atomic mass is 10.2. The Hall–Kier alpha value is -2.53. The van der Waals surface area contributed by atoms with Gasteiger partial charge in [-0.25, -0.2) is 14.4 Å². The van der Waals surface area contributed by atoms with Gasteiger partial charge in [0.2, 0.25) is 0 Å². The van der Waals surface area contributed by atoms with Crippen molar-refractivity contribution in [1.82, 2.24) is 0 Å². The molecular formula is C22H34O10. The third-order valence-corrected chi connectivity index (χ3v) is 3.69. The summed E-state index contributed by atoms with van der Waals surface area (Å²) in [5.74, 6) is -1.91. The molecule has 2 N–H and O–H groups in total. The first-order valence-electron chi connectivity index (χ1n) is 10.1. The molecule has 0 bridgehead atoms. The van der Waals surface area contributed by atoms with E-state index in [1.54, 1.807) is 0 Å². The minimum absolute atomic E-state index is 0.0772. The van der Waals surface area contributed by atoms with Crippen molar-refractivity contribution in [3.05, 3.63) is 36.5 Å². The molecule has 0 radical (unpaired) electrons. The molecule has 32 heavy (non-hydrogen) atoms. The molecule has 0 fully saturated rings. The van der Waals surface area contributed by atoms with Gasteiger partial charge in [0.05, 0.1) is 26.4 Å². The lowest BCUT2D eigenvalue weighted by Gasteiger charge is -2.19. The van der Waals surface area contributed by atoms with E-state index in [2.05, 4.69) is 19.7 Å². The van der Waals surface area contributed by atoms with Gasteiger partial charge in [-0.05, 0) is 26.7 Å². The Labute approximate surface area is 188 Å². The Kier molecular flexibility index (Phi) is 15.7. The zero-order chi connectivity index (χ0) is 24.5. The maximum atomic E-state index is 12.1. The van der Waals surface area contributed by atoms with Gasteiger partial charge < -0.3 is 33.9 Å². The average molecular weight is 459 g/mol. The standard InChI is InChI=1S/C22H34O10/c1-15(2)20(25)30-12-18(24)11-28-9-10-29-13-19(14-31-21(26)16(3)4)32-22(27)17(5)7-6-8-23/h18-19,23-24H,1,3,5-14H2,2,4H3. The molecule has 2 atom stereocenters. The van der Waals surface area contributed by atoms with Gasteiger partial charge in [0.25, 0.3) is 0 Å². The highest BCUT2D eigenvalue weighted by Crippen LogP contribution is 2.08. The minimum Gasteiger partial charge on any atom is -0.460 e. The van der Waals surface area contributed by atoms with Gasteiger partial charge in [-0.2, -0.15) is 0 Å². The third-order valence-electron chi connectivity index (χ3n) is 3.69. The number of carbonyl (C=O) groups excluding carboxylic acids is 3. The Bertz CT molecular complexity index is 655. The highest BCUT2D eigenvalue weighted by Gasteiger charge is 2.19. The minimum atomic E-state index is -1.00. The molecule has 0 amide bonds. The Morgan fingerprint density at radius 2 is 1.34 bits per heavy atom. The fraction of sp³-hybridized carbons (Fsp3) is 0.591. The summed E-state index contributed by atoms with van der Waals surface area (Å²) in [5, 5.41) is 18.5. The van der Waals surface area contributed by atoms with Crippen LogP contribution in [-0.2, 0) is 38.1 Å². The zero-order valence-corrected chi connectivity index (χ0v) is 18.8. The summed E-state index contributed by atoms with van der Waals surface area (Å²) in [7, 11) is 0. The van der Waals surface area contributed by atoms with Crippen molar-refractivity contribution < 1.29 is 48.3 Å². The normalized spacial score (nSPS) is 12.4. The van der Waals surface area contributed by atoms with E-state index in [1.165, 1.54) is 13.8 Å². The lowest BCUT2D eigenvalue weighted by Crippen LogP contribution is -2.31. The molecule has 0 aliphatic heterocycles. The molecule has 182 valence electrons. The molecule has 0 spiro atoms. The first-order valence-corrected chi connectivity index (χ1v) is 10.1. The number of rotatable bonds is 18. The second-order valence-corrected chi connectivity index (χ2v) is 7.02. The largest absolute Gasteiger partial charge is 0.460 e. The van der Waals surface area contributed by atoms with Crippen molar-refractivity contribution >= 4 is 17.9 Å². The number of ether oxygens (including phenoxy) is 5. The van der Waals surface area contributed by atoms with Crippen LogP contribution < -0.4 is 0 Å². The third kappa shape index (κ3) is 14.5. The molecule has 0 aromatic heterocycles. The topological polar surface area (TPSA) is 138 Å². The van der Waals surface area contributed by atoms with Gasteiger partial charge in [0, 0.05) is 23.3 Å². The van der Waals surface area contributed by atoms with Crippen molar-refractivity contribution in [3.63, 3.8) is 0 Å². The van der Waals surface area contributed by atoms with Crippen molar-refractivity contribution in [2.75, 3.05) is 46.2 Å². The summed E-state index contributed by atoms with van der Waals surface area (Å²) < 4.78 is 25.7. The average Bonchev–Trinajstić information content (AvgIpc) is 2.75. The highest BCUT2D eigenvalue weighted by molar-refractivity contribution is 5.88. The number of aliphatic hydroxyl groups is 2. The summed E-state index contributed by atoms with van der Waals surface area (Å²) in [6, 6.07) is 0. The Balaban J connectivity index is 4.34. The van der Waals surface area contributed by atoms with E-state index in [9.17, 15) is 19.5 Å². The van der Waals surface area contributed by atoms with Gasteiger partial charge in [0.1, 0.15) is 19.3 Å². The van der Waals surface area contributed by atoms with Crippen molar-refractivity contribution in [1.29, 1.82) is 0 Å². The molecule has 0 aromatic rings. The molecule has 0 aliphatic rings. The summed E-state index contributed by atoms with van der Waals surface area (Å²) >= 11 is 0. The smallest absolute Gasteiger partial charge is 0.333 e. The van der Waals surface area contributed by atoms with Crippen LogP contribution in [0.4, 0.5) is 0 Å². The van der Waals surface area contributed by atoms with E-state index >= 15 is 0 Å². The predicted octanol–water partition coefficient (Wildman–Crippen LogP) is 0.860. The second-order valence-electron chi connectivity index (χ2n) is 7.02. The van der Waals surface area contributed by atoms with Crippen LogP contribution >= 0.6 is 0 Å². The van der Waals surface area contributed by atoms with E-state index in [0.717, 1.165) is 0 Å². The molecule has 10 nitrogen and oxygen atoms in total. The van der Waals surface area contributed by atoms with E-state index in [-0.39, 0.29) is 69.4 Å². The van der Waals surface area contributed by atoms with Crippen molar-refractivity contribution in [3.8, 4) is 0 Å². The molecule has 0 saturated carbocycles. The van der Waals surface area contributed by atoms with Gasteiger partial charge in [0.15, 0.2) is 6.10 Å². The summed E-state index contributed by atoms with van der Waals surface area (Å²) in [4.78, 5) is 34.9. The molecule has 0 heterocycles. The molecule has 2 unspecified atom stereocenters. The molecular weight excluding hydrogens is 424 g/mol. The van der Waals surface area contributed by atoms with Gasteiger partial charge in [-0.1, -0.05) is 19.7 Å². The summed E-state index contributed by atoms with van der Waals surface area (Å²) in [5.41, 5.74) is 0.608. The van der Waals surface area contributed by atoms with Crippen LogP contribution in [0.3, 0.4) is 0 Å². The predicted molar refractivity (Wildman–Crippen MR) is 115 cm³/mol. The summed E-state index contributed by atoms with van der Waals surface area (Å²) in [6.07, 6.45) is -1.25. The number of hydrogen-bond acceptors (Lipinski definition) is 10. The van der Waals surface area contributed by atoms with Crippen LogP contribution in [0.25, 0.3) is 0 Å². The fourth-order valence-electron chi connectivity index (χ4n) is 1.93. The van der Waals surface area contributed by atoms with E-state index in [0.29, 0.717) is 6.42 Å². The van der Waals surface area contributed by atoms with Gasteiger partial charge >= 0.3 is 17.9 Å². The van der Waals surface area contributed by atoms with Crippen LogP contribution in [0.5, 0.6) is 0 Å². The summed E-state index contributed by atoms with van der Waals surface area (Å²) in [6.45, 7) is 13.0. The van der Waals surface area contributed by atoms with Gasteiger partial charge in [-0.15, -0.1) is 0 Å². The number of aliphatic hydroxyl groups excluding tert-OH is 2. The van der Waals surface area contributed by atoms with Gasteiger partial charge in [-0.3, -0.25) is 0 Å². The quantitative estimate of drug-likeness (QED) is 0.132. The monoisotopic (exact) mass is 458 g/mol. The first kappa shape index (κ1) is 29.5. The van der Waals surface area contributed by atoms with Crippen molar-refractivity contribution in [2.24, 2.45) is 0 Å². The molecule has 0 aromatic carbocycles. The van der Waals surface area contributed by atoms with E-state index in [1.807, 2.05) is 0 Å². The number of carbonyl (C=O) groups is 3. The van der Waals surface area contributed by atoms with Crippen LogP contribution in [0.2, 0.25) is 0 Å². The van der Waals surface area contributed by atoms with Crippen molar-refractivity contribution in [2.45, 2.75) is 38.9 Å². The number of esters is 3. The van der Waals surface area contributed by atoms with Crippen LogP contribution in [0, 0.1) is 0 Å². The lowest BCUT2D eigenvalue weighted by molar-refractivity contribution is -0.158.